The van der Waals surface area contributed by atoms with Crippen molar-refractivity contribution < 1.29 is 19.3 Å². The van der Waals surface area contributed by atoms with Gasteiger partial charge in [-0.05, 0) is 18.8 Å². The minimum Gasteiger partial charge on any atom is -0.390 e. The third kappa shape index (κ3) is 2.03. The molecule has 0 unspecified atom stereocenters. The molecule has 5 nitrogen and oxygen atoms in total. The van der Waals surface area contributed by atoms with Crippen molar-refractivity contribution in [2.45, 2.75) is 48.8 Å². The van der Waals surface area contributed by atoms with Gasteiger partial charge < -0.3 is 20.3 Å². The molecule has 0 aromatic carbocycles. The van der Waals surface area contributed by atoms with Crippen molar-refractivity contribution >= 4 is 16.9 Å². The summed E-state index contributed by atoms with van der Waals surface area (Å²) in [6.45, 7) is 0. The number of thioether (sulfide) groups is 1. The predicted molar refractivity (Wildman–Crippen MR) is 66.2 cm³/mol. The molecule has 0 bridgehead atoms. The summed E-state index contributed by atoms with van der Waals surface area (Å²) in [6.07, 6.45) is -2.57. The number of amidine groups is 1. The lowest BCUT2D eigenvalue weighted by Crippen LogP contribution is -2.57. The Kier molecular flexibility index (Phi) is 3.25. The third-order valence-corrected chi connectivity index (χ3v) is 4.86. The van der Waals surface area contributed by atoms with Crippen molar-refractivity contribution in [3.8, 4) is 0 Å². The monoisotopic (exact) mass is 276 g/mol. The fourth-order valence-electron chi connectivity index (χ4n) is 2.47. The molecule has 0 radical (unpaired) electrons. The highest BCUT2D eigenvalue weighted by molar-refractivity contribution is 8.14. The molecule has 3 N–H and O–H groups in total. The van der Waals surface area contributed by atoms with Gasteiger partial charge in [0.2, 0.25) is 0 Å². The maximum Gasteiger partial charge on any atom is 0.159 e. The average Bonchev–Trinajstić information content (AvgIpc) is 3.13. The van der Waals surface area contributed by atoms with Crippen LogP contribution in [0.25, 0.3) is 0 Å². The molecule has 3 aliphatic rings. The maximum absolute atomic E-state index is 14.1. The Morgan fingerprint density at radius 3 is 2.89 bits per heavy atom. The molecule has 7 heteroatoms. The smallest absolute Gasteiger partial charge is 0.159 e. The molecule has 1 saturated heterocycles. The van der Waals surface area contributed by atoms with Crippen LogP contribution in [0.15, 0.2) is 4.99 Å². The molecule has 102 valence electrons. The van der Waals surface area contributed by atoms with Crippen molar-refractivity contribution in [3.63, 3.8) is 0 Å². The zero-order valence-electron chi connectivity index (χ0n) is 9.99. The summed E-state index contributed by atoms with van der Waals surface area (Å²) in [4.78, 5) is 4.14. The fraction of sp³-hybridized carbons (Fsp3) is 0.909. The highest BCUT2D eigenvalue weighted by atomic mass is 32.2. The van der Waals surface area contributed by atoms with E-state index in [-0.39, 0.29) is 5.92 Å². The van der Waals surface area contributed by atoms with E-state index in [0.717, 1.165) is 12.8 Å². The van der Waals surface area contributed by atoms with Crippen molar-refractivity contribution in [2.24, 2.45) is 10.9 Å². The van der Waals surface area contributed by atoms with Crippen molar-refractivity contribution in [1.82, 2.24) is 5.32 Å². The first-order chi connectivity index (χ1) is 8.61. The number of aliphatic imine (C=N–C) groups is 1. The van der Waals surface area contributed by atoms with E-state index in [2.05, 4.69) is 10.3 Å². The predicted octanol–water partition coefficient (Wildman–Crippen LogP) is -0.128. The lowest BCUT2D eigenvalue weighted by Gasteiger charge is -2.39. The topological polar surface area (TPSA) is 74.1 Å². The van der Waals surface area contributed by atoms with Crippen LogP contribution >= 0.6 is 11.8 Å². The molecule has 0 spiro atoms. The number of alkyl halides is 1. The molecule has 1 saturated carbocycles. The van der Waals surface area contributed by atoms with Crippen LogP contribution in [0.1, 0.15) is 12.8 Å². The maximum atomic E-state index is 14.1. The summed E-state index contributed by atoms with van der Waals surface area (Å²) < 4.78 is 19.8. The second-order valence-corrected chi connectivity index (χ2v) is 6.11. The molecule has 2 heterocycles. The van der Waals surface area contributed by atoms with Gasteiger partial charge in [0.25, 0.3) is 0 Å². The Morgan fingerprint density at radius 2 is 2.28 bits per heavy atom. The highest BCUT2D eigenvalue weighted by Gasteiger charge is 2.53. The van der Waals surface area contributed by atoms with Gasteiger partial charge in [0.05, 0.1) is 6.10 Å². The lowest BCUT2D eigenvalue weighted by molar-refractivity contribution is -0.172. The van der Waals surface area contributed by atoms with E-state index < -0.39 is 36.0 Å². The minimum atomic E-state index is -1.49. The molecule has 2 aliphatic heterocycles. The van der Waals surface area contributed by atoms with E-state index in [1.54, 1.807) is 7.05 Å². The second-order valence-electron chi connectivity index (χ2n) is 5.02. The third-order valence-electron chi connectivity index (χ3n) is 3.71. The van der Waals surface area contributed by atoms with Crippen LogP contribution in [0.5, 0.6) is 0 Å². The van der Waals surface area contributed by atoms with E-state index >= 15 is 0 Å². The Balaban J connectivity index is 1.74. The van der Waals surface area contributed by atoms with Gasteiger partial charge in [-0.2, -0.15) is 0 Å². The van der Waals surface area contributed by atoms with E-state index in [0.29, 0.717) is 5.17 Å². The van der Waals surface area contributed by atoms with Crippen LogP contribution in [0.2, 0.25) is 0 Å². The van der Waals surface area contributed by atoms with Crippen molar-refractivity contribution in [1.29, 1.82) is 0 Å². The number of aliphatic hydroxyl groups is 2. The van der Waals surface area contributed by atoms with E-state index in [4.69, 9.17) is 4.74 Å². The summed E-state index contributed by atoms with van der Waals surface area (Å²) in [5, 5.41) is 23.4. The van der Waals surface area contributed by atoms with Gasteiger partial charge in [0.15, 0.2) is 11.3 Å². The Morgan fingerprint density at radius 1 is 1.56 bits per heavy atom. The zero-order chi connectivity index (χ0) is 12.9. The normalized spacial score (nSPS) is 45.3. The largest absolute Gasteiger partial charge is 0.390 e. The molecule has 1 aliphatic carbocycles. The molecule has 0 aromatic rings. The van der Waals surface area contributed by atoms with Crippen LogP contribution < -0.4 is 5.32 Å². The summed E-state index contributed by atoms with van der Waals surface area (Å²) in [6, 6.07) is -0.685. The first kappa shape index (κ1) is 12.7. The highest BCUT2D eigenvalue weighted by Crippen LogP contribution is 2.42. The number of halogens is 1. The van der Waals surface area contributed by atoms with Crippen LogP contribution in [-0.4, -0.2) is 58.4 Å². The second kappa shape index (κ2) is 4.63. The average molecular weight is 276 g/mol. The molecule has 0 aromatic heterocycles. The quantitative estimate of drug-likeness (QED) is 0.655. The Hall–Kier alpha value is -0.370. The molecule has 2 fully saturated rings. The van der Waals surface area contributed by atoms with E-state index in [1.165, 1.54) is 11.8 Å². The summed E-state index contributed by atoms with van der Waals surface area (Å²) in [5.41, 5.74) is -0.454. The minimum absolute atomic E-state index is 0.143. The van der Waals surface area contributed by atoms with Crippen molar-refractivity contribution in [2.75, 3.05) is 7.05 Å². The zero-order valence-corrected chi connectivity index (χ0v) is 10.8. The summed E-state index contributed by atoms with van der Waals surface area (Å²) in [7, 11) is 1.71. The van der Waals surface area contributed by atoms with Crippen molar-refractivity contribution in [3.05, 3.63) is 0 Å². The Labute approximate surface area is 109 Å². The van der Waals surface area contributed by atoms with Crippen LogP contribution in [0, 0.1) is 5.92 Å². The van der Waals surface area contributed by atoms with E-state index in [1.807, 2.05) is 0 Å². The van der Waals surface area contributed by atoms with Gasteiger partial charge in [0.1, 0.15) is 23.7 Å². The molecular formula is C11H17FN2O3S. The van der Waals surface area contributed by atoms with Crippen LogP contribution in [-0.2, 0) is 4.74 Å². The van der Waals surface area contributed by atoms with Crippen LogP contribution in [0.3, 0.4) is 0 Å². The van der Waals surface area contributed by atoms with Gasteiger partial charge in [0, 0.05) is 7.05 Å². The molecule has 0 amide bonds. The summed E-state index contributed by atoms with van der Waals surface area (Å²) in [5.74, 6) is 0.143. The number of nitrogens with zero attached hydrogens (tertiary/aromatic N) is 1. The number of aliphatic hydroxyl groups excluding tert-OH is 2. The number of hydrogen-bond donors (Lipinski definition) is 3. The first-order valence-electron chi connectivity index (χ1n) is 6.19. The van der Waals surface area contributed by atoms with Gasteiger partial charge in [-0.3, -0.25) is 4.99 Å². The number of rotatable bonds is 2. The summed E-state index contributed by atoms with van der Waals surface area (Å²) >= 11 is 1.31. The molecular weight excluding hydrogens is 259 g/mol. The molecule has 3 rings (SSSR count). The number of nitrogens with one attached hydrogen (secondary N) is 1. The molecule has 6 atom stereocenters. The SMILES string of the molecule is CNC1=N[C@@H]2[C@H](F)[C@H](O)[C@@H]([C@@H](O)C3CC3)O[C@@H]2S1. The van der Waals surface area contributed by atoms with Gasteiger partial charge in [-0.15, -0.1) is 0 Å². The molecule has 18 heavy (non-hydrogen) atoms. The first-order valence-corrected chi connectivity index (χ1v) is 7.07. The fourth-order valence-corrected chi connectivity index (χ4v) is 3.52. The number of ether oxygens (including phenoxy) is 1. The van der Waals surface area contributed by atoms with E-state index in [9.17, 15) is 14.6 Å². The van der Waals surface area contributed by atoms with Gasteiger partial charge in [-0.25, -0.2) is 4.39 Å². The number of fused-ring (bicyclic) bond motifs is 1. The lowest BCUT2D eigenvalue weighted by atomic mass is 9.94. The Bertz CT molecular complexity index is 366. The van der Waals surface area contributed by atoms with Gasteiger partial charge >= 0.3 is 0 Å². The number of hydrogen-bond acceptors (Lipinski definition) is 6. The standard InChI is InChI=1S/C11H17FN2O3S/c1-13-11-14-6-5(12)8(16)9(17-10(6)18-11)7(15)4-2-3-4/h4-10,15-16H,2-3H2,1H3,(H,13,14)/t5-,6+,7-,8-,9+,10+/m0/s1. The van der Waals surface area contributed by atoms with Crippen LogP contribution in [0.4, 0.5) is 4.39 Å². The van der Waals surface area contributed by atoms with Gasteiger partial charge in [-0.1, -0.05) is 11.8 Å².